The molecule has 3 rings (SSSR count). The maximum Gasteiger partial charge on any atom is 0.286 e. The fraction of sp³-hybridized carbons (Fsp3) is 0.222. The third kappa shape index (κ3) is 4.79. The number of fused-ring (bicyclic) bond motifs is 1. The molecular weight excluding hydrogens is 461 g/mol. The highest BCUT2D eigenvalue weighted by Gasteiger charge is 2.21. The molecule has 0 atom stereocenters. The Morgan fingerprint density at radius 1 is 1.24 bits per heavy atom. The molecular formula is C18H14Cl3N3O4S. The Labute approximate surface area is 184 Å². The average molecular weight is 475 g/mol. The number of hydrogen-bond acceptors (Lipinski definition) is 5. The standard InChI is InChI=1S/C18H14Cl3N3O4S/c1-2-28-6-5-23-16-13(21)8-11(20)9-15(16)29-18(23)22-17(25)12-7-10(19)3-4-14(12)24(26)27/h3-4,7-9H,2,5-6H2,1H3. The highest BCUT2D eigenvalue weighted by atomic mass is 35.5. The number of halogens is 3. The minimum absolute atomic E-state index is 0.194. The molecule has 0 spiro atoms. The summed E-state index contributed by atoms with van der Waals surface area (Å²) in [5, 5.41) is 12.3. The van der Waals surface area contributed by atoms with Gasteiger partial charge in [0, 0.05) is 29.3 Å². The fourth-order valence-electron chi connectivity index (χ4n) is 2.71. The molecule has 0 saturated carbocycles. The number of nitro benzene ring substituents is 1. The predicted molar refractivity (Wildman–Crippen MR) is 114 cm³/mol. The highest BCUT2D eigenvalue weighted by Crippen LogP contribution is 2.30. The van der Waals surface area contributed by atoms with Crippen molar-refractivity contribution < 1.29 is 14.5 Å². The zero-order valence-corrected chi connectivity index (χ0v) is 18.1. The summed E-state index contributed by atoms with van der Waals surface area (Å²) in [6, 6.07) is 7.07. The van der Waals surface area contributed by atoms with Crippen LogP contribution < -0.4 is 4.80 Å². The van der Waals surface area contributed by atoms with Crippen molar-refractivity contribution in [3.05, 3.63) is 65.9 Å². The van der Waals surface area contributed by atoms with E-state index in [0.717, 1.165) is 4.70 Å². The lowest BCUT2D eigenvalue weighted by atomic mass is 10.2. The number of ether oxygens (including phenoxy) is 1. The number of rotatable bonds is 6. The maximum absolute atomic E-state index is 12.8. The Bertz CT molecular complexity index is 1170. The first-order valence-electron chi connectivity index (χ1n) is 8.41. The lowest BCUT2D eigenvalue weighted by Gasteiger charge is -2.07. The van der Waals surface area contributed by atoms with Gasteiger partial charge in [-0.05, 0) is 31.2 Å². The zero-order valence-electron chi connectivity index (χ0n) is 15.0. The van der Waals surface area contributed by atoms with Gasteiger partial charge >= 0.3 is 0 Å². The summed E-state index contributed by atoms with van der Waals surface area (Å²) >= 11 is 19.6. The average Bonchev–Trinajstić information content (AvgIpc) is 2.98. The molecule has 29 heavy (non-hydrogen) atoms. The van der Waals surface area contributed by atoms with Crippen LogP contribution in [-0.2, 0) is 11.3 Å². The lowest BCUT2D eigenvalue weighted by Crippen LogP contribution is -2.20. The lowest BCUT2D eigenvalue weighted by molar-refractivity contribution is -0.385. The van der Waals surface area contributed by atoms with Gasteiger partial charge in [0.1, 0.15) is 5.56 Å². The predicted octanol–water partition coefficient (Wildman–Crippen LogP) is 5.35. The number of carbonyl (C=O) groups is 1. The van der Waals surface area contributed by atoms with E-state index in [2.05, 4.69) is 4.99 Å². The largest absolute Gasteiger partial charge is 0.380 e. The molecule has 1 heterocycles. The number of carbonyl (C=O) groups excluding carboxylic acids is 1. The molecule has 0 radical (unpaired) electrons. The van der Waals surface area contributed by atoms with Crippen LogP contribution in [0.15, 0.2) is 35.3 Å². The normalized spacial score (nSPS) is 11.9. The van der Waals surface area contributed by atoms with E-state index >= 15 is 0 Å². The van der Waals surface area contributed by atoms with E-state index in [-0.39, 0.29) is 16.3 Å². The Balaban J connectivity index is 2.18. The van der Waals surface area contributed by atoms with Crippen molar-refractivity contribution in [1.82, 2.24) is 4.57 Å². The van der Waals surface area contributed by atoms with E-state index in [1.807, 2.05) is 6.92 Å². The van der Waals surface area contributed by atoms with Crippen molar-refractivity contribution in [3.63, 3.8) is 0 Å². The van der Waals surface area contributed by atoms with Crippen LogP contribution in [0.25, 0.3) is 10.2 Å². The number of aromatic nitrogens is 1. The molecule has 0 bridgehead atoms. The Kier molecular flexibility index (Phi) is 6.92. The van der Waals surface area contributed by atoms with Crippen molar-refractivity contribution in [2.75, 3.05) is 13.2 Å². The zero-order chi connectivity index (χ0) is 21.1. The van der Waals surface area contributed by atoms with Gasteiger partial charge in [0.05, 0.1) is 26.8 Å². The van der Waals surface area contributed by atoms with Gasteiger partial charge in [-0.1, -0.05) is 46.1 Å². The fourth-order valence-corrected chi connectivity index (χ4v) is 4.72. The maximum atomic E-state index is 12.8. The number of hydrogen-bond donors (Lipinski definition) is 0. The van der Waals surface area contributed by atoms with E-state index in [9.17, 15) is 14.9 Å². The van der Waals surface area contributed by atoms with Crippen molar-refractivity contribution in [2.24, 2.45) is 4.99 Å². The van der Waals surface area contributed by atoms with Gasteiger partial charge in [0.25, 0.3) is 11.6 Å². The molecule has 0 aliphatic carbocycles. The summed E-state index contributed by atoms with van der Waals surface area (Å²) in [5.74, 6) is -0.780. The van der Waals surface area contributed by atoms with Crippen molar-refractivity contribution in [2.45, 2.75) is 13.5 Å². The van der Waals surface area contributed by atoms with Crippen molar-refractivity contribution >= 4 is 68.0 Å². The molecule has 2 aromatic carbocycles. The monoisotopic (exact) mass is 473 g/mol. The van der Waals surface area contributed by atoms with Gasteiger partial charge in [-0.2, -0.15) is 4.99 Å². The Hall–Kier alpha value is -1.97. The van der Waals surface area contributed by atoms with E-state index in [0.29, 0.717) is 40.1 Å². The number of amides is 1. The molecule has 0 aliphatic rings. The summed E-state index contributed by atoms with van der Waals surface area (Å²) in [6.45, 7) is 3.16. The third-order valence-corrected chi connectivity index (χ3v) is 5.71. The van der Waals surface area contributed by atoms with Crippen molar-refractivity contribution in [1.29, 1.82) is 0 Å². The van der Waals surface area contributed by atoms with Gasteiger partial charge in [-0.25, -0.2) is 0 Å². The van der Waals surface area contributed by atoms with Crippen LogP contribution in [0.5, 0.6) is 0 Å². The summed E-state index contributed by atoms with van der Waals surface area (Å²) < 4.78 is 7.88. The minimum Gasteiger partial charge on any atom is -0.380 e. The smallest absolute Gasteiger partial charge is 0.286 e. The Morgan fingerprint density at radius 3 is 2.69 bits per heavy atom. The molecule has 0 aliphatic heterocycles. The number of nitro groups is 1. The van der Waals surface area contributed by atoms with Gasteiger partial charge < -0.3 is 9.30 Å². The van der Waals surface area contributed by atoms with Crippen LogP contribution in [0.4, 0.5) is 5.69 Å². The molecule has 0 saturated heterocycles. The second-order valence-corrected chi connectivity index (χ2v) is 8.09. The van der Waals surface area contributed by atoms with Gasteiger partial charge in [-0.15, -0.1) is 0 Å². The summed E-state index contributed by atoms with van der Waals surface area (Å²) in [7, 11) is 0. The third-order valence-electron chi connectivity index (χ3n) is 3.94. The number of thiazole rings is 1. The first-order valence-corrected chi connectivity index (χ1v) is 10.4. The number of benzene rings is 2. The second kappa shape index (κ2) is 9.23. The minimum atomic E-state index is -0.780. The molecule has 7 nitrogen and oxygen atoms in total. The first-order chi connectivity index (χ1) is 13.8. The quantitative estimate of drug-likeness (QED) is 0.274. The molecule has 3 aromatic rings. The molecule has 1 aromatic heterocycles. The van der Waals surface area contributed by atoms with E-state index in [1.54, 1.807) is 16.7 Å². The van der Waals surface area contributed by atoms with Crippen LogP contribution in [0.1, 0.15) is 17.3 Å². The van der Waals surface area contributed by atoms with Crippen molar-refractivity contribution in [3.8, 4) is 0 Å². The van der Waals surface area contributed by atoms with E-state index in [1.165, 1.54) is 29.5 Å². The van der Waals surface area contributed by atoms with Crippen LogP contribution in [-0.4, -0.2) is 28.6 Å². The molecule has 0 N–H and O–H groups in total. The van der Waals surface area contributed by atoms with E-state index < -0.39 is 10.8 Å². The molecule has 0 fully saturated rings. The highest BCUT2D eigenvalue weighted by molar-refractivity contribution is 7.16. The first kappa shape index (κ1) is 21.7. The topological polar surface area (TPSA) is 86.7 Å². The summed E-state index contributed by atoms with van der Waals surface area (Å²) in [4.78, 5) is 27.8. The molecule has 11 heteroatoms. The van der Waals surface area contributed by atoms with Gasteiger partial charge in [-0.3, -0.25) is 14.9 Å². The summed E-state index contributed by atoms with van der Waals surface area (Å²) in [6.07, 6.45) is 0. The van der Waals surface area contributed by atoms with E-state index in [4.69, 9.17) is 39.5 Å². The van der Waals surface area contributed by atoms with Gasteiger partial charge in [0.15, 0.2) is 4.80 Å². The molecule has 1 amide bonds. The Morgan fingerprint density at radius 2 is 2.00 bits per heavy atom. The summed E-state index contributed by atoms with van der Waals surface area (Å²) in [5.41, 5.74) is 0.0968. The van der Waals surface area contributed by atoms with Gasteiger partial charge in [0.2, 0.25) is 0 Å². The van der Waals surface area contributed by atoms with Crippen LogP contribution >= 0.6 is 46.1 Å². The molecule has 152 valence electrons. The second-order valence-electron chi connectivity index (χ2n) is 5.80. The SMILES string of the molecule is CCOCCn1c(=NC(=O)c2cc(Cl)ccc2[N+](=O)[O-])sc2cc(Cl)cc(Cl)c21. The van der Waals surface area contributed by atoms with Crippen LogP contribution in [0, 0.1) is 10.1 Å². The van der Waals surface area contributed by atoms with Crippen LogP contribution in [0.3, 0.4) is 0 Å². The number of nitrogens with zero attached hydrogens (tertiary/aromatic N) is 3. The van der Waals surface area contributed by atoms with Crippen LogP contribution in [0.2, 0.25) is 15.1 Å². The molecule has 0 unspecified atom stereocenters.